The third kappa shape index (κ3) is 4.65. The minimum Gasteiger partial charge on any atom is -0.352 e. The number of carbonyl (C=O) groups excluding carboxylic acids is 1. The monoisotopic (exact) mass is 189 g/mol. The van der Waals surface area contributed by atoms with Crippen LogP contribution in [0.2, 0.25) is 0 Å². The Morgan fingerprint density at radius 3 is 2.33 bits per heavy atom. The lowest BCUT2D eigenvalue weighted by Gasteiger charge is -2.21. The number of thioether (sulfide) groups is 1. The van der Waals surface area contributed by atoms with Gasteiger partial charge in [0.2, 0.25) is 5.91 Å². The Kier molecular flexibility index (Phi) is 4.68. The van der Waals surface area contributed by atoms with Crippen molar-refractivity contribution in [3.05, 3.63) is 0 Å². The largest absolute Gasteiger partial charge is 0.352 e. The van der Waals surface area contributed by atoms with Crippen molar-refractivity contribution in [3.8, 4) is 0 Å². The van der Waals surface area contributed by atoms with E-state index < -0.39 is 0 Å². The molecule has 0 spiro atoms. The zero-order chi connectivity index (χ0) is 9.78. The molecule has 0 heterocycles. The first-order chi connectivity index (χ1) is 5.38. The molecule has 0 bridgehead atoms. The average Bonchev–Trinajstić information content (AvgIpc) is 1.85. The average molecular weight is 189 g/mol. The van der Waals surface area contributed by atoms with Crippen LogP contribution in [-0.2, 0) is 4.79 Å². The Balaban J connectivity index is 3.85. The van der Waals surface area contributed by atoms with Gasteiger partial charge in [-0.3, -0.25) is 4.79 Å². The molecule has 0 fully saturated rings. The number of hydrogen-bond donors (Lipinski definition) is 1. The molecule has 0 aromatic heterocycles. The molecule has 1 amide bonds. The SMILES string of the molecule is CSC[C@@H](C)NC(=O)C(C)(C)C. The Labute approximate surface area is 79.5 Å². The van der Waals surface area contributed by atoms with Crippen molar-refractivity contribution in [2.75, 3.05) is 12.0 Å². The molecule has 1 atom stereocenters. The van der Waals surface area contributed by atoms with E-state index in [0.717, 1.165) is 5.75 Å². The summed E-state index contributed by atoms with van der Waals surface area (Å²) < 4.78 is 0. The fraction of sp³-hybridized carbons (Fsp3) is 0.889. The molecule has 2 nitrogen and oxygen atoms in total. The van der Waals surface area contributed by atoms with Crippen LogP contribution in [0.4, 0.5) is 0 Å². The highest BCUT2D eigenvalue weighted by Gasteiger charge is 2.21. The van der Waals surface area contributed by atoms with Crippen molar-refractivity contribution in [2.45, 2.75) is 33.7 Å². The summed E-state index contributed by atoms with van der Waals surface area (Å²) in [5.41, 5.74) is -0.271. The van der Waals surface area contributed by atoms with Gasteiger partial charge in [0.1, 0.15) is 0 Å². The molecular weight excluding hydrogens is 170 g/mol. The second-order valence-corrected chi connectivity index (χ2v) is 4.99. The van der Waals surface area contributed by atoms with Gasteiger partial charge in [0, 0.05) is 17.2 Å². The number of amides is 1. The summed E-state index contributed by atoms with van der Waals surface area (Å²) in [6.45, 7) is 7.80. The van der Waals surface area contributed by atoms with Crippen molar-refractivity contribution in [3.63, 3.8) is 0 Å². The summed E-state index contributed by atoms with van der Waals surface area (Å²) in [6.07, 6.45) is 2.04. The minimum absolute atomic E-state index is 0.129. The zero-order valence-electron chi connectivity index (χ0n) is 8.60. The van der Waals surface area contributed by atoms with E-state index in [4.69, 9.17) is 0 Å². The number of carbonyl (C=O) groups is 1. The first-order valence-electron chi connectivity index (χ1n) is 4.18. The van der Waals surface area contributed by atoms with Crippen molar-refractivity contribution >= 4 is 17.7 Å². The van der Waals surface area contributed by atoms with E-state index in [2.05, 4.69) is 5.32 Å². The van der Waals surface area contributed by atoms with Crippen LogP contribution in [0, 0.1) is 5.41 Å². The number of hydrogen-bond acceptors (Lipinski definition) is 2. The Morgan fingerprint density at radius 2 is 2.00 bits per heavy atom. The highest BCUT2D eigenvalue weighted by atomic mass is 32.2. The maximum atomic E-state index is 11.4. The Morgan fingerprint density at radius 1 is 1.50 bits per heavy atom. The van der Waals surface area contributed by atoms with Gasteiger partial charge in [0.05, 0.1) is 0 Å². The first kappa shape index (κ1) is 11.8. The fourth-order valence-electron chi connectivity index (χ4n) is 0.732. The van der Waals surface area contributed by atoms with Gasteiger partial charge in [-0.15, -0.1) is 0 Å². The van der Waals surface area contributed by atoms with Crippen LogP contribution in [0.5, 0.6) is 0 Å². The summed E-state index contributed by atoms with van der Waals surface area (Å²) in [5.74, 6) is 1.10. The van der Waals surface area contributed by atoms with Gasteiger partial charge in [0.15, 0.2) is 0 Å². The van der Waals surface area contributed by atoms with Crippen molar-refractivity contribution in [1.29, 1.82) is 0 Å². The molecule has 0 aliphatic rings. The van der Waals surface area contributed by atoms with E-state index in [1.807, 2.05) is 34.0 Å². The number of nitrogens with one attached hydrogen (secondary N) is 1. The van der Waals surface area contributed by atoms with E-state index in [-0.39, 0.29) is 17.4 Å². The van der Waals surface area contributed by atoms with E-state index in [9.17, 15) is 4.79 Å². The molecule has 0 aliphatic heterocycles. The molecule has 0 aromatic carbocycles. The summed E-state index contributed by atoms with van der Waals surface area (Å²) in [7, 11) is 0. The van der Waals surface area contributed by atoms with Gasteiger partial charge in [-0.1, -0.05) is 20.8 Å². The van der Waals surface area contributed by atoms with Crippen LogP contribution >= 0.6 is 11.8 Å². The van der Waals surface area contributed by atoms with Crippen molar-refractivity contribution in [2.24, 2.45) is 5.41 Å². The third-order valence-corrected chi connectivity index (χ3v) is 2.31. The highest BCUT2D eigenvalue weighted by Crippen LogP contribution is 2.13. The molecule has 72 valence electrons. The van der Waals surface area contributed by atoms with Crippen LogP contribution in [0.15, 0.2) is 0 Å². The molecule has 3 heteroatoms. The van der Waals surface area contributed by atoms with Gasteiger partial charge in [0.25, 0.3) is 0 Å². The second kappa shape index (κ2) is 4.75. The molecule has 0 saturated carbocycles. The summed E-state index contributed by atoms with van der Waals surface area (Å²) in [6, 6.07) is 0.270. The van der Waals surface area contributed by atoms with E-state index in [0.29, 0.717) is 0 Å². The summed E-state index contributed by atoms with van der Waals surface area (Å²) in [4.78, 5) is 11.4. The maximum Gasteiger partial charge on any atom is 0.225 e. The molecule has 0 saturated heterocycles. The lowest BCUT2D eigenvalue weighted by Crippen LogP contribution is -2.41. The Bertz CT molecular complexity index is 151. The quantitative estimate of drug-likeness (QED) is 0.734. The normalized spacial score (nSPS) is 14.1. The van der Waals surface area contributed by atoms with E-state index in [1.54, 1.807) is 11.8 Å². The van der Waals surface area contributed by atoms with Crippen LogP contribution in [0.1, 0.15) is 27.7 Å². The Hall–Kier alpha value is -0.180. The molecule has 0 aromatic rings. The smallest absolute Gasteiger partial charge is 0.225 e. The predicted molar refractivity (Wildman–Crippen MR) is 55.4 cm³/mol. The van der Waals surface area contributed by atoms with Crippen LogP contribution < -0.4 is 5.32 Å². The van der Waals surface area contributed by atoms with Gasteiger partial charge >= 0.3 is 0 Å². The second-order valence-electron chi connectivity index (χ2n) is 4.08. The van der Waals surface area contributed by atoms with Gasteiger partial charge in [-0.25, -0.2) is 0 Å². The lowest BCUT2D eigenvalue weighted by molar-refractivity contribution is -0.128. The zero-order valence-corrected chi connectivity index (χ0v) is 9.42. The van der Waals surface area contributed by atoms with Gasteiger partial charge in [-0.2, -0.15) is 11.8 Å². The van der Waals surface area contributed by atoms with Crippen LogP contribution in [0.3, 0.4) is 0 Å². The van der Waals surface area contributed by atoms with Gasteiger partial charge < -0.3 is 5.32 Å². The van der Waals surface area contributed by atoms with E-state index in [1.165, 1.54) is 0 Å². The topological polar surface area (TPSA) is 29.1 Å². The van der Waals surface area contributed by atoms with Crippen molar-refractivity contribution in [1.82, 2.24) is 5.32 Å². The number of rotatable bonds is 3. The lowest BCUT2D eigenvalue weighted by atomic mass is 9.95. The van der Waals surface area contributed by atoms with Crippen LogP contribution in [0.25, 0.3) is 0 Å². The molecule has 0 aliphatic carbocycles. The maximum absolute atomic E-state index is 11.4. The van der Waals surface area contributed by atoms with Crippen LogP contribution in [-0.4, -0.2) is 24.0 Å². The molecule has 0 radical (unpaired) electrons. The third-order valence-electron chi connectivity index (χ3n) is 1.48. The molecule has 0 rings (SSSR count). The molecule has 12 heavy (non-hydrogen) atoms. The summed E-state index contributed by atoms with van der Waals surface area (Å²) in [5, 5.41) is 2.96. The van der Waals surface area contributed by atoms with E-state index >= 15 is 0 Å². The first-order valence-corrected chi connectivity index (χ1v) is 5.57. The standard InChI is InChI=1S/C9H19NOS/c1-7(6-12-5)10-8(11)9(2,3)4/h7H,6H2,1-5H3,(H,10,11)/t7-/m1/s1. The highest BCUT2D eigenvalue weighted by molar-refractivity contribution is 7.98. The minimum atomic E-state index is -0.271. The molecular formula is C9H19NOS. The summed E-state index contributed by atoms with van der Waals surface area (Å²) >= 11 is 1.75. The van der Waals surface area contributed by atoms with Gasteiger partial charge in [-0.05, 0) is 13.2 Å². The molecule has 1 N–H and O–H groups in total. The fourth-order valence-corrected chi connectivity index (χ4v) is 1.32. The predicted octanol–water partition coefficient (Wildman–Crippen LogP) is 1.90. The molecule has 0 unspecified atom stereocenters. The van der Waals surface area contributed by atoms with Crippen molar-refractivity contribution < 1.29 is 4.79 Å².